The fourth-order valence-electron chi connectivity index (χ4n) is 10.8. The fraction of sp³-hybridized carbons (Fsp3) is 0.143. The van der Waals surface area contributed by atoms with Gasteiger partial charge < -0.3 is 5.11 Å². The average molecular weight is 893 g/mol. The monoisotopic (exact) mass is 890 g/mol. The fourth-order valence-corrected chi connectivity index (χ4v) is 11.9. The van der Waals surface area contributed by atoms with Crippen LogP contribution >= 0.6 is 31.9 Å². The van der Waals surface area contributed by atoms with Crippen LogP contribution in [0, 0.1) is 0 Å². The van der Waals surface area contributed by atoms with Crippen LogP contribution in [0.2, 0.25) is 0 Å². The second-order valence-corrected chi connectivity index (χ2v) is 18.8. The van der Waals surface area contributed by atoms with E-state index in [1.165, 1.54) is 49.0 Å². The molecule has 1 N–H and O–H groups in total. The Hall–Kier alpha value is -5.32. The van der Waals surface area contributed by atoms with Gasteiger partial charge in [0.2, 0.25) is 0 Å². The molecule has 0 unspecified atom stereocenters. The number of benzene rings is 8. The Morgan fingerprint density at radius 1 is 0.305 bits per heavy atom. The molecule has 0 radical (unpaired) electrons. The van der Waals surface area contributed by atoms with E-state index in [1.54, 1.807) is 0 Å². The molecule has 0 saturated carbocycles. The summed E-state index contributed by atoms with van der Waals surface area (Å²) in [5.41, 5.74) is 16.5. The van der Waals surface area contributed by atoms with Crippen molar-refractivity contribution < 1.29 is 5.11 Å². The molecule has 3 heteroatoms. The number of fused-ring (bicyclic) bond motifs is 11. The van der Waals surface area contributed by atoms with Crippen LogP contribution in [0.15, 0.2) is 197 Å². The molecule has 0 aliphatic heterocycles. The van der Waals surface area contributed by atoms with Crippen molar-refractivity contribution in [3.8, 4) is 22.3 Å². The van der Waals surface area contributed by atoms with E-state index in [0.717, 1.165) is 43.4 Å². The third-order valence-electron chi connectivity index (χ3n) is 13.5. The van der Waals surface area contributed by atoms with Crippen LogP contribution in [0.5, 0.6) is 0 Å². The smallest absolute Gasteiger partial charge is 0.141 e. The summed E-state index contributed by atoms with van der Waals surface area (Å²) in [4.78, 5) is 0. The number of aliphatic hydroxyl groups is 1. The normalized spacial score (nSPS) is 16.3. The quantitative estimate of drug-likeness (QED) is 0.183. The molecule has 8 aromatic rings. The molecule has 8 aromatic carbocycles. The van der Waals surface area contributed by atoms with Gasteiger partial charge in [-0.25, -0.2) is 0 Å². The summed E-state index contributed by atoms with van der Waals surface area (Å²) in [6, 6.07) is 66.7. The highest BCUT2D eigenvalue weighted by Crippen LogP contribution is 2.63. The van der Waals surface area contributed by atoms with Crippen LogP contribution in [0.4, 0.5) is 0 Å². The van der Waals surface area contributed by atoms with Gasteiger partial charge >= 0.3 is 0 Å². The van der Waals surface area contributed by atoms with Gasteiger partial charge in [-0.1, -0.05) is 235 Å². The van der Waals surface area contributed by atoms with Gasteiger partial charge in [0.1, 0.15) is 5.60 Å². The van der Waals surface area contributed by atoms with Gasteiger partial charge in [-0.3, -0.25) is 0 Å². The molecule has 0 aromatic heterocycles. The molecule has 0 heterocycles. The third kappa shape index (κ3) is 5.31. The molecule has 0 saturated heterocycles. The Balaban J connectivity index is 0.000000143. The van der Waals surface area contributed by atoms with Crippen molar-refractivity contribution in [3.63, 3.8) is 0 Å². The maximum atomic E-state index is 12.6. The van der Waals surface area contributed by atoms with E-state index in [2.05, 4.69) is 205 Å². The van der Waals surface area contributed by atoms with Gasteiger partial charge in [-0.15, -0.1) is 0 Å². The van der Waals surface area contributed by atoms with Crippen LogP contribution in [0.25, 0.3) is 22.3 Å². The zero-order valence-corrected chi connectivity index (χ0v) is 36.8. The number of hydrogen-bond donors (Lipinski definition) is 1. The third-order valence-corrected chi connectivity index (χ3v) is 14.8. The van der Waals surface area contributed by atoms with Crippen molar-refractivity contribution in [2.75, 3.05) is 0 Å². The standard InChI is InChI=1S/C28H23BrO.C28H21Br/c1-27(2)22-14-6-8-16-24(22)28(30,25-17-9-7-15-23(25)27)21-13-5-3-11-19(21)20-12-4-10-18-26(20)29;1-27(2)20-12-5-7-14-22(20)28(23-15-8-6-13-21(23)27)19-11-4-3-10-18(19)26-24(28)16-9-17-25(26)29/h3-18,30H,1-2H3;3-17H,1-2H3. The summed E-state index contributed by atoms with van der Waals surface area (Å²) in [7, 11) is 0. The first-order valence-corrected chi connectivity index (χ1v) is 22.0. The summed E-state index contributed by atoms with van der Waals surface area (Å²) < 4.78 is 2.18. The first kappa shape index (κ1) is 37.9. The van der Waals surface area contributed by atoms with E-state index >= 15 is 0 Å². The van der Waals surface area contributed by atoms with Crippen molar-refractivity contribution in [2.24, 2.45) is 0 Å². The summed E-state index contributed by atoms with van der Waals surface area (Å²) in [6.45, 7) is 9.20. The average Bonchev–Trinajstić information content (AvgIpc) is 3.57. The highest BCUT2D eigenvalue weighted by molar-refractivity contribution is 9.11. The van der Waals surface area contributed by atoms with Crippen LogP contribution in [0.3, 0.4) is 0 Å². The molecule has 0 amide bonds. The number of hydrogen-bond acceptors (Lipinski definition) is 1. The van der Waals surface area contributed by atoms with Crippen molar-refractivity contribution in [1.29, 1.82) is 0 Å². The molecule has 0 fully saturated rings. The lowest BCUT2D eigenvalue weighted by Crippen LogP contribution is -2.41. The zero-order chi connectivity index (χ0) is 40.7. The van der Waals surface area contributed by atoms with Gasteiger partial charge in [0.25, 0.3) is 0 Å². The molecule has 1 spiro atoms. The van der Waals surface area contributed by atoms with Gasteiger partial charge in [0.15, 0.2) is 0 Å². The second-order valence-electron chi connectivity index (χ2n) is 17.1. The SMILES string of the molecule is CC1(C)c2ccccc2C(O)(c2ccccc2-c2ccccc2Br)c2ccccc21.CC1(C)c2ccccc2C2(c3ccccc3-c3c(Br)cccc32)c2ccccc21. The van der Waals surface area contributed by atoms with Crippen molar-refractivity contribution in [1.82, 2.24) is 0 Å². The highest BCUT2D eigenvalue weighted by atomic mass is 79.9. The molecule has 0 bridgehead atoms. The van der Waals surface area contributed by atoms with E-state index in [1.807, 2.05) is 42.5 Å². The first-order valence-electron chi connectivity index (χ1n) is 20.4. The molecule has 0 atom stereocenters. The molecule has 288 valence electrons. The van der Waals surface area contributed by atoms with E-state index < -0.39 is 5.60 Å². The molecular weight excluding hydrogens is 848 g/mol. The predicted octanol–water partition coefficient (Wildman–Crippen LogP) is 14.5. The van der Waals surface area contributed by atoms with E-state index in [-0.39, 0.29) is 16.2 Å². The van der Waals surface area contributed by atoms with Crippen molar-refractivity contribution in [3.05, 3.63) is 258 Å². The largest absolute Gasteiger partial charge is 0.376 e. The summed E-state index contributed by atoms with van der Waals surface area (Å²) in [5.74, 6) is 0. The van der Waals surface area contributed by atoms with Gasteiger partial charge in [0, 0.05) is 30.9 Å². The number of halogens is 2. The Labute approximate surface area is 364 Å². The topological polar surface area (TPSA) is 20.2 Å². The predicted molar refractivity (Wildman–Crippen MR) is 250 cm³/mol. The van der Waals surface area contributed by atoms with Crippen LogP contribution < -0.4 is 0 Å². The van der Waals surface area contributed by atoms with Crippen molar-refractivity contribution >= 4 is 31.9 Å². The zero-order valence-electron chi connectivity index (χ0n) is 33.6. The van der Waals surface area contributed by atoms with Crippen LogP contribution in [-0.4, -0.2) is 5.11 Å². The maximum Gasteiger partial charge on any atom is 0.141 e. The number of rotatable bonds is 2. The van der Waals surface area contributed by atoms with Gasteiger partial charge in [0.05, 0.1) is 5.41 Å². The Morgan fingerprint density at radius 2 is 0.644 bits per heavy atom. The minimum absolute atomic E-state index is 0.0395. The van der Waals surface area contributed by atoms with Gasteiger partial charge in [-0.2, -0.15) is 0 Å². The summed E-state index contributed by atoms with van der Waals surface area (Å²) in [6.07, 6.45) is 0. The van der Waals surface area contributed by atoms with Crippen molar-refractivity contribution in [2.45, 2.75) is 49.5 Å². The van der Waals surface area contributed by atoms with Crippen LogP contribution in [0.1, 0.15) is 88.9 Å². The molecule has 59 heavy (non-hydrogen) atoms. The highest BCUT2D eigenvalue weighted by Gasteiger charge is 2.53. The second kappa shape index (κ2) is 13.9. The lowest BCUT2D eigenvalue weighted by Gasteiger charge is -2.46. The minimum atomic E-state index is -1.24. The van der Waals surface area contributed by atoms with E-state index in [4.69, 9.17) is 0 Å². The Bertz CT molecular complexity index is 2850. The Kier molecular flexibility index (Phi) is 8.92. The minimum Gasteiger partial charge on any atom is -0.376 e. The van der Waals surface area contributed by atoms with Gasteiger partial charge in [-0.05, 0) is 84.5 Å². The molecule has 3 aliphatic rings. The molecule has 1 nitrogen and oxygen atoms in total. The van der Waals surface area contributed by atoms with E-state index in [9.17, 15) is 5.11 Å². The first-order chi connectivity index (χ1) is 28.5. The molecule has 11 rings (SSSR count). The van der Waals surface area contributed by atoms with Crippen LogP contribution in [-0.2, 0) is 21.8 Å². The lowest BCUT2D eigenvalue weighted by molar-refractivity contribution is 0.117. The lowest BCUT2D eigenvalue weighted by atomic mass is 9.55. The molecular formula is C56H44Br2O. The maximum absolute atomic E-state index is 12.6. The summed E-state index contributed by atoms with van der Waals surface area (Å²) >= 11 is 7.58. The summed E-state index contributed by atoms with van der Waals surface area (Å²) in [5, 5.41) is 12.6. The van der Waals surface area contributed by atoms with E-state index in [0.29, 0.717) is 0 Å². The Morgan fingerprint density at radius 3 is 1.15 bits per heavy atom. The molecule has 3 aliphatic carbocycles.